The summed E-state index contributed by atoms with van der Waals surface area (Å²) in [4.78, 5) is 0. The third kappa shape index (κ3) is 3.85. The molecule has 2 rings (SSSR count). The van der Waals surface area contributed by atoms with Crippen molar-refractivity contribution < 1.29 is 4.74 Å². The summed E-state index contributed by atoms with van der Waals surface area (Å²) in [5.41, 5.74) is 6.17. The fraction of sp³-hybridized carbons (Fsp3) is 0.368. The molecule has 2 aromatic carbocycles. The Morgan fingerprint density at radius 1 is 1.00 bits per heavy atom. The van der Waals surface area contributed by atoms with E-state index < -0.39 is 0 Å². The Labute approximate surface area is 128 Å². The van der Waals surface area contributed by atoms with Crippen molar-refractivity contribution in [1.29, 1.82) is 0 Å². The molecule has 112 valence electrons. The second kappa shape index (κ2) is 6.77. The number of ether oxygens (including phenoxy) is 1. The van der Waals surface area contributed by atoms with Crippen LogP contribution in [0.3, 0.4) is 0 Å². The summed E-state index contributed by atoms with van der Waals surface area (Å²) < 4.78 is 5.45. The van der Waals surface area contributed by atoms with E-state index in [0.717, 1.165) is 12.3 Å². The minimum atomic E-state index is 0.499. The highest BCUT2D eigenvalue weighted by atomic mass is 16.5. The van der Waals surface area contributed by atoms with Crippen molar-refractivity contribution in [2.24, 2.45) is 0 Å². The summed E-state index contributed by atoms with van der Waals surface area (Å²) in [6.07, 6.45) is 0. The molecule has 0 aliphatic carbocycles. The topological polar surface area (TPSA) is 21.3 Å². The first kappa shape index (κ1) is 15.6. The standard InChI is InChI=1S/C19H25NO/c1-13(2)20-12-16-7-6-8-17(11-16)18-9-14(3)19(21-5)15(4)10-18/h6-11,13,20H,12H2,1-5H3. The van der Waals surface area contributed by atoms with Crippen LogP contribution in [0.4, 0.5) is 0 Å². The molecule has 0 saturated carbocycles. The van der Waals surface area contributed by atoms with Crippen LogP contribution in [0.25, 0.3) is 11.1 Å². The predicted molar refractivity (Wildman–Crippen MR) is 89.9 cm³/mol. The van der Waals surface area contributed by atoms with Crippen molar-refractivity contribution in [3.63, 3.8) is 0 Å². The summed E-state index contributed by atoms with van der Waals surface area (Å²) in [7, 11) is 1.73. The van der Waals surface area contributed by atoms with E-state index in [9.17, 15) is 0 Å². The molecular formula is C19H25NO. The van der Waals surface area contributed by atoms with E-state index in [2.05, 4.69) is 69.4 Å². The maximum absolute atomic E-state index is 5.45. The van der Waals surface area contributed by atoms with E-state index in [-0.39, 0.29) is 0 Å². The molecule has 2 aromatic rings. The number of hydrogen-bond donors (Lipinski definition) is 1. The molecule has 0 bridgehead atoms. The smallest absolute Gasteiger partial charge is 0.124 e. The zero-order valence-electron chi connectivity index (χ0n) is 13.7. The average Bonchev–Trinajstić information content (AvgIpc) is 2.45. The summed E-state index contributed by atoms with van der Waals surface area (Å²) in [6, 6.07) is 13.6. The largest absolute Gasteiger partial charge is 0.496 e. The normalized spacial score (nSPS) is 11.0. The summed E-state index contributed by atoms with van der Waals surface area (Å²) in [6.45, 7) is 9.43. The number of aryl methyl sites for hydroxylation is 2. The van der Waals surface area contributed by atoms with E-state index in [1.165, 1.54) is 27.8 Å². The van der Waals surface area contributed by atoms with Gasteiger partial charge in [0.05, 0.1) is 7.11 Å². The molecule has 0 heterocycles. The molecule has 0 aliphatic rings. The average molecular weight is 283 g/mol. The zero-order chi connectivity index (χ0) is 15.4. The van der Waals surface area contributed by atoms with Crippen molar-refractivity contribution in [3.05, 3.63) is 53.1 Å². The monoisotopic (exact) mass is 283 g/mol. The lowest BCUT2D eigenvalue weighted by Crippen LogP contribution is -2.21. The number of hydrogen-bond acceptors (Lipinski definition) is 2. The molecule has 0 radical (unpaired) electrons. The van der Waals surface area contributed by atoms with Crippen LogP contribution >= 0.6 is 0 Å². The van der Waals surface area contributed by atoms with E-state index in [4.69, 9.17) is 4.74 Å². The minimum Gasteiger partial charge on any atom is -0.496 e. The first-order valence-electron chi connectivity index (χ1n) is 7.49. The first-order chi connectivity index (χ1) is 10.0. The summed E-state index contributed by atoms with van der Waals surface area (Å²) in [5.74, 6) is 0.983. The number of methoxy groups -OCH3 is 1. The summed E-state index contributed by atoms with van der Waals surface area (Å²) >= 11 is 0. The van der Waals surface area contributed by atoms with E-state index in [1.807, 2.05) is 0 Å². The molecule has 0 aliphatic heterocycles. The first-order valence-corrected chi connectivity index (χ1v) is 7.49. The van der Waals surface area contributed by atoms with Gasteiger partial charge in [0.1, 0.15) is 5.75 Å². The van der Waals surface area contributed by atoms with Gasteiger partial charge in [0, 0.05) is 12.6 Å². The maximum atomic E-state index is 5.45. The second-order valence-corrected chi connectivity index (χ2v) is 5.88. The van der Waals surface area contributed by atoms with Crippen molar-refractivity contribution in [1.82, 2.24) is 5.32 Å². The van der Waals surface area contributed by atoms with E-state index in [1.54, 1.807) is 7.11 Å². The van der Waals surface area contributed by atoms with Crippen LogP contribution in [0.2, 0.25) is 0 Å². The Bertz CT molecular complexity index is 594. The van der Waals surface area contributed by atoms with Gasteiger partial charge in [-0.2, -0.15) is 0 Å². The molecule has 2 heteroatoms. The Balaban J connectivity index is 2.32. The fourth-order valence-corrected chi connectivity index (χ4v) is 2.62. The lowest BCUT2D eigenvalue weighted by molar-refractivity contribution is 0.408. The predicted octanol–water partition coefficient (Wildman–Crippen LogP) is 4.48. The van der Waals surface area contributed by atoms with Gasteiger partial charge in [-0.25, -0.2) is 0 Å². The lowest BCUT2D eigenvalue weighted by Gasteiger charge is -2.13. The van der Waals surface area contributed by atoms with Crippen LogP contribution in [-0.4, -0.2) is 13.2 Å². The highest BCUT2D eigenvalue weighted by molar-refractivity contribution is 5.68. The molecular weight excluding hydrogens is 258 g/mol. The fourth-order valence-electron chi connectivity index (χ4n) is 2.62. The third-order valence-electron chi connectivity index (χ3n) is 3.64. The molecule has 0 atom stereocenters. The summed E-state index contributed by atoms with van der Waals surface area (Å²) in [5, 5.41) is 3.46. The van der Waals surface area contributed by atoms with Crippen molar-refractivity contribution in [2.45, 2.75) is 40.3 Å². The van der Waals surface area contributed by atoms with Gasteiger partial charge in [0.2, 0.25) is 0 Å². The SMILES string of the molecule is COc1c(C)cc(-c2cccc(CNC(C)C)c2)cc1C. The molecule has 0 fully saturated rings. The second-order valence-electron chi connectivity index (χ2n) is 5.88. The highest BCUT2D eigenvalue weighted by Gasteiger charge is 2.07. The molecule has 0 spiro atoms. The van der Waals surface area contributed by atoms with Crippen LogP contribution in [0.5, 0.6) is 5.75 Å². The van der Waals surface area contributed by atoms with Crippen molar-refractivity contribution in [2.75, 3.05) is 7.11 Å². The number of benzene rings is 2. The Morgan fingerprint density at radius 2 is 1.67 bits per heavy atom. The van der Waals surface area contributed by atoms with Gasteiger partial charge >= 0.3 is 0 Å². The van der Waals surface area contributed by atoms with E-state index >= 15 is 0 Å². The van der Waals surface area contributed by atoms with Gasteiger partial charge in [0.15, 0.2) is 0 Å². The Hall–Kier alpha value is -1.80. The zero-order valence-corrected chi connectivity index (χ0v) is 13.7. The third-order valence-corrected chi connectivity index (χ3v) is 3.64. The van der Waals surface area contributed by atoms with Crippen LogP contribution < -0.4 is 10.1 Å². The Kier molecular flexibility index (Phi) is 5.03. The molecule has 0 aromatic heterocycles. The van der Waals surface area contributed by atoms with E-state index in [0.29, 0.717) is 6.04 Å². The van der Waals surface area contributed by atoms with Gasteiger partial charge in [-0.3, -0.25) is 0 Å². The van der Waals surface area contributed by atoms with Gasteiger partial charge < -0.3 is 10.1 Å². The lowest BCUT2D eigenvalue weighted by atomic mass is 9.98. The molecule has 0 unspecified atom stereocenters. The van der Waals surface area contributed by atoms with Crippen LogP contribution in [0, 0.1) is 13.8 Å². The van der Waals surface area contributed by atoms with Gasteiger partial charge in [-0.1, -0.05) is 32.0 Å². The van der Waals surface area contributed by atoms with Gasteiger partial charge in [-0.05, 0) is 59.9 Å². The van der Waals surface area contributed by atoms with Crippen molar-refractivity contribution in [3.8, 4) is 16.9 Å². The quantitative estimate of drug-likeness (QED) is 0.873. The van der Waals surface area contributed by atoms with Gasteiger partial charge in [-0.15, -0.1) is 0 Å². The minimum absolute atomic E-state index is 0.499. The maximum Gasteiger partial charge on any atom is 0.124 e. The highest BCUT2D eigenvalue weighted by Crippen LogP contribution is 2.30. The molecule has 0 saturated heterocycles. The molecule has 0 amide bonds. The molecule has 21 heavy (non-hydrogen) atoms. The Morgan fingerprint density at radius 3 is 2.24 bits per heavy atom. The number of rotatable bonds is 5. The van der Waals surface area contributed by atoms with Crippen LogP contribution in [-0.2, 0) is 6.54 Å². The number of nitrogens with one attached hydrogen (secondary N) is 1. The molecule has 1 N–H and O–H groups in total. The van der Waals surface area contributed by atoms with Crippen LogP contribution in [0.1, 0.15) is 30.5 Å². The van der Waals surface area contributed by atoms with Crippen molar-refractivity contribution >= 4 is 0 Å². The van der Waals surface area contributed by atoms with Gasteiger partial charge in [0.25, 0.3) is 0 Å². The van der Waals surface area contributed by atoms with Crippen LogP contribution in [0.15, 0.2) is 36.4 Å². The molecule has 2 nitrogen and oxygen atoms in total.